The highest BCUT2D eigenvalue weighted by molar-refractivity contribution is 7.99. The molecular formula is C15H16O2S. The van der Waals surface area contributed by atoms with Crippen LogP contribution in [0, 0.1) is 11.8 Å². The third kappa shape index (κ3) is 2.70. The first-order valence-corrected chi connectivity index (χ1v) is 6.89. The molecule has 0 radical (unpaired) electrons. The number of hydrogen-bond donors (Lipinski definition) is 0. The molecule has 0 saturated heterocycles. The topological polar surface area (TPSA) is 26.3 Å². The summed E-state index contributed by atoms with van der Waals surface area (Å²) < 4.78 is 4.51. The van der Waals surface area contributed by atoms with E-state index < -0.39 is 5.97 Å². The largest absolute Gasteiger partial charge is 0.459 e. The van der Waals surface area contributed by atoms with Gasteiger partial charge in [-0.05, 0) is 41.4 Å². The second kappa shape index (κ2) is 5.07. The number of methoxy groups -OCH3 is 1. The van der Waals surface area contributed by atoms with Gasteiger partial charge in [-0.25, -0.2) is 4.79 Å². The number of thioether (sulfide) groups is 1. The van der Waals surface area contributed by atoms with Gasteiger partial charge in [-0.15, -0.1) is 11.8 Å². The quantitative estimate of drug-likeness (QED) is 0.530. The van der Waals surface area contributed by atoms with Gasteiger partial charge >= 0.3 is 5.97 Å². The van der Waals surface area contributed by atoms with E-state index in [4.69, 9.17) is 0 Å². The number of hydrogen-bond acceptors (Lipinski definition) is 3. The molecule has 0 saturated carbocycles. The van der Waals surface area contributed by atoms with Crippen LogP contribution in [0.1, 0.15) is 31.4 Å². The zero-order chi connectivity index (χ0) is 13.2. The molecule has 2 nitrogen and oxygen atoms in total. The number of esters is 1. The van der Waals surface area contributed by atoms with Crippen LogP contribution < -0.4 is 0 Å². The first-order chi connectivity index (χ1) is 8.53. The van der Waals surface area contributed by atoms with Gasteiger partial charge in [0.25, 0.3) is 0 Å². The van der Waals surface area contributed by atoms with E-state index in [-0.39, 0.29) is 5.41 Å². The molecule has 2 rings (SSSR count). The Labute approximate surface area is 112 Å². The van der Waals surface area contributed by atoms with Gasteiger partial charge in [0.15, 0.2) is 0 Å². The van der Waals surface area contributed by atoms with Crippen LogP contribution in [0.25, 0.3) is 0 Å². The Morgan fingerprint density at radius 3 is 2.94 bits per heavy atom. The van der Waals surface area contributed by atoms with E-state index in [1.807, 2.05) is 17.8 Å². The summed E-state index contributed by atoms with van der Waals surface area (Å²) in [6, 6.07) is 6.16. The highest BCUT2D eigenvalue weighted by Gasteiger charge is 2.27. The van der Waals surface area contributed by atoms with E-state index in [2.05, 4.69) is 42.6 Å². The Balaban J connectivity index is 2.36. The molecule has 0 fully saturated rings. The number of benzene rings is 1. The lowest BCUT2D eigenvalue weighted by Crippen LogP contribution is -2.22. The molecule has 0 spiro atoms. The van der Waals surface area contributed by atoms with Gasteiger partial charge in [-0.1, -0.05) is 19.8 Å². The molecular weight excluding hydrogens is 244 g/mol. The molecule has 0 unspecified atom stereocenters. The average Bonchev–Trinajstić information content (AvgIpc) is 2.36. The molecule has 1 aliphatic rings. The van der Waals surface area contributed by atoms with Gasteiger partial charge < -0.3 is 4.74 Å². The molecule has 1 aromatic carbocycles. The normalized spacial score (nSPS) is 16.2. The predicted octanol–water partition coefficient (Wildman–Crippen LogP) is 2.98. The summed E-state index contributed by atoms with van der Waals surface area (Å²) in [4.78, 5) is 12.3. The van der Waals surface area contributed by atoms with Crippen LogP contribution >= 0.6 is 11.8 Å². The maximum Gasteiger partial charge on any atom is 0.384 e. The Morgan fingerprint density at radius 1 is 1.44 bits per heavy atom. The van der Waals surface area contributed by atoms with Gasteiger partial charge in [0, 0.05) is 16.4 Å². The average molecular weight is 260 g/mol. The molecule has 0 aliphatic carbocycles. The lowest BCUT2D eigenvalue weighted by atomic mass is 9.81. The Kier molecular flexibility index (Phi) is 3.68. The van der Waals surface area contributed by atoms with Crippen molar-refractivity contribution in [2.75, 3.05) is 12.9 Å². The van der Waals surface area contributed by atoms with E-state index in [1.165, 1.54) is 24.0 Å². The zero-order valence-electron chi connectivity index (χ0n) is 10.9. The summed E-state index contributed by atoms with van der Waals surface area (Å²) in [5.74, 6) is 5.98. The van der Waals surface area contributed by atoms with Crippen molar-refractivity contribution in [2.45, 2.75) is 30.6 Å². The third-order valence-corrected chi connectivity index (χ3v) is 4.26. The fourth-order valence-electron chi connectivity index (χ4n) is 1.99. The van der Waals surface area contributed by atoms with Crippen LogP contribution in [0.4, 0.5) is 0 Å². The molecule has 3 heteroatoms. The summed E-state index contributed by atoms with van der Waals surface area (Å²) >= 11 is 1.89. The molecule has 1 aliphatic heterocycles. The van der Waals surface area contributed by atoms with Crippen molar-refractivity contribution in [3.05, 3.63) is 29.3 Å². The van der Waals surface area contributed by atoms with Crippen molar-refractivity contribution in [1.29, 1.82) is 0 Å². The van der Waals surface area contributed by atoms with Gasteiger partial charge in [-0.3, -0.25) is 0 Å². The van der Waals surface area contributed by atoms with Crippen molar-refractivity contribution >= 4 is 17.7 Å². The molecule has 0 amide bonds. The van der Waals surface area contributed by atoms with Crippen molar-refractivity contribution in [3.8, 4) is 11.8 Å². The van der Waals surface area contributed by atoms with Crippen LogP contribution in [-0.4, -0.2) is 18.8 Å². The van der Waals surface area contributed by atoms with Crippen LogP contribution in [0.2, 0.25) is 0 Å². The molecule has 0 atom stereocenters. The smallest absolute Gasteiger partial charge is 0.384 e. The van der Waals surface area contributed by atoms with Gasteiger partial charge in [0.05, 0.1) is 7.11 Å². The van der Waals surface area contributed by atoms with Crippen LogP contribution in [0.15, 0.2) is 23.1 Å². The number of rotatable bonds is 0. The number of carbonyl (C=O) groups is 1. The maximum atomic E-state index is 11.0. The number of ether oxygens (including phenoxy) is 1. The highest BCUT2D eigenvalue weighted by Crippen LogP contribution is 2.41. The molecule has 1 aromatic rings. The monoisotopic (exact) mass is 260 g/mol. The van der Waals surface area contributed by atoms with Crippen LogP contribution in [-0.2, 0) is 14.9 Å². The van der Waals surface area contributed by atoms with Gasteiger partial charge in [0.2, 0.25) is 0 Å². The summed E-state index contributed by atoms with van der Waals surface area (Å²) in [7, 11) is 1.34. The second-order valence-corrected chi connectivity index (χ2v) is 6.07. The second-order valence-electron chi connectivity index (χ2n) is 4.93. The fourth-order valence-corrected chi connectivity index (χ4v) is 3.47. The van der Waals surface area contributed by atoms with E-state index in [9.17, 15) is 4.79 Å². The van der Waals surface area contributed by atoms with Crippen molar-refractivity contribution in [1.82, 2.24) is 0 Å². The Bertz CT molecular complexity index is 535. The third-order valence-electron chi connectivity index (χ3n) is 3.19. The summed E-state index contributed by atoms with van der Waals surface area (Å²) in [6.07, 6.45) is 1.17. The van der Waals surface area contributed by atoms with Crippen molar-refractivity contribution in [2.24, 2.45) is 0 Å². The van der Waals surface area contributed by atoms with E-state index in [1.54, 1.807) is 0 Å². The molecule has 94 valence electrons. The first-order valence-electron chi connectivity index (χ1n) is 5.90. The first kappa shape index (κ1) is 13.0. The van der Waals surface area contributed by atoms with Gasteiger partial charge in [0.1, 0.15) is 0 Å². The molecule has 18 heavy (non-hydrogen) atoms. The SMILES string of the molecule is COC(=O)C#Cc1ccc2c(c1)C(C)(C)CCS2. The van der Waals surface area contributed by atoms with E-state index >= 15 is 0 Å². The van der Waals surface area contributed by atoms with Crippen LogP contribution in [0.5, 0.6) is 0 Å². The minimum Gasteiger partial charge on any atom is -0.459 e. The van der Waals surface area contributed by atoms with Crippen LogP contribution in [0.3, 0.4) is 0 Å². The predicted molar refractivity (Wildman–Crippen MR) is 73.7 cm³/mol. The van der Waals surface area contributed by atoms with Gasteiger partial charge in [-0.2, -0.15) is 0 Å². The zero-order valence-corrected chi connectivity index (χ0v) is 11.7. The minimum atomic E-state index is -0.499. The van der Waals surface area contributed by atoms with E-state index in [0.29, 0.717) is 0 Å². The van der Waals surface area contributed by atoms with Crippen molar-refractivity contribution < 1.29 is 9.53 Å². The van der Waals surface area contributed by atoms with Crippen molar-refractivity contribution in [3.63, 3.8) is 0 Å². The Morgan fingerprint density at radius 2 is 2.22 bits per heavy atom. The molecule has 0 aromatic heterocycles. The summed E-state index contributed by atoms with van der Waals surface area (Å²) in [6.45, 7) is 4.51. The number of carbonyl (C=O) groups excluding carboxylic acids is 1. The Hall–Kier alpha value is -1.40. The summed E-state index contributed by atoms with van der Waals surface area (Å²) in [5, 5.41) is 0. The lowest BCUT2D eigenvalue weighted by Gasteiger charge is -2.32. The minimum absolute atomic E-state index is 0.184. The maximum absolute atomic E-state index is 11.0. The molecule has 1 heterocycles. The number of fused-ring (bicyclic) bond motifs is 1. The molecule has 0 N–H and O–H groups in total. The lowest BCUT2D eigenvalue weighted by molar-refractivity contribution is -0.133. The highest BCUT2D eigenvalue weighted by atomic mass is 32.2. The van der Waals surface area contributed by atoms with E-state index in [0.717, 1.165) is 11.3 Å². The standard InChI is InChI=1S/C15H16O2S/c1-15(2)8-9-18-13-6-4-11(10-12(13)15)5-7-14(16)17-3/h4,6,10H,8-9H2,1-3H3. The molecule has 0 bridgehead atoms. The summed E-state index contributed by atoms with van der Waals surface area (Å²) in [5.41, 5.74) is 2.38. The fraction of sp³-hybridized carbons (Fsp3) is 0.400.